The first kappa shape index (κ1) is 14.6. The minimum absolute atomic E-state index is 0.109. The molecular formula is C14H17N3O2S. The molecule has 20 heavy (non-hydrogen) atoms. The van der Waals surface area contributed by atoms with E-state index in [-0.39, 0.29) is 11.5 Å². The zero-order valence-electron chi connectivity index (χ0n) is 11.3. The van der Waals surface area contributed by atoms with Crippen LogP contribution >= 0.6 is 11.8 Å². The van der Waals surface area contributed by atoms with Crippen molar-refractivity contribution in [3.8, 4) is 0 Å². The number of carbonyl (C=O) groups is 1. The van der Waals surface area contributed by atoms with Crippen LogP contribution in [0.5, 0.6) is 0 Å². The molecule has 0 atom stereocenters. The van der Waals surface area contributed by atoms with E-state index in [1.54, 1.807) is 4.57 Å². The van der Waals surface area contributed by atoms with Crippen molar-refractivity contribution in [1.82, 2.24) is 14.8 Å². The number of nitrogens with zero attached hydrogens (tertiary/aromatic N) is 2. The van der Waals surface area contributed by atoms with Crippen LogP contribution in [0, 0.1) is 0 Å². The number of nitrogens with one attached hydrogen (secondary N) is 1. The highest BCUT2D eigenvalue weighted by Gasteiger charge is 2.10. The number of H-pyrrole nitrogens is 1. The fourth-order valence-electron chi connectivity index (χ4n) is 1.84. The highest BCUT2D eigenvalue weighted by molar-refractivity contribution is 7.99. The van der Waals surface area contributed by atoms with E-state index in [9.17, 15) is 9.59 Å². The van der Waals surface area contributed by atoms with E-state index in [0.29, 0.717) is 23.9 Å². The molecule has 0 unspecified atom stereocenters. The quantitative estimate of drug-likeness (QED) is 0.628. The summed E-state index contributed by atoms with van der Waals surface area (Å²) in [5.41, 5.74) is 0.532. The fraction of sp³-hybridized carbons (Fsp3) is 0.357. The van der Waals surface area contributed by atoms with Gasteiger partial charge in [0.25, 0.3) is 0 Å². The van der Waals surface area contributed by atoms with E-state index < -0.39 is 0 Å². The standard InChI is InChI=1S/C14H17N3O2S/c1-2-9-17-13(19)15-16-14(17)20-10-8-12(18)11-6-4-3-5-7-11/h3-7H,2,8-10H2,1H3,(H,15,19). The minimum Gasteiger partial charge on any atom is -0.294 e. The van der Waals surface area contributed by atoms with Gasteiger partial charge in [0.05, 0.1) is 0 Å². The van der Waals surface area contributed by atoms with Crippen LogP contribution in [-0.2, 0) is 6.54 Å². The second-order valence-corrected chi connectivity index (χ2v) is 5.41. The van der Waals surface area contributed by atoms with Crippen LogP contribution in [0.3, 0.4) is 0 Å². The summed E-state index contributed by atoms with van der Waals surface area (Å²) in [6.45, 7) is 2.65. The zero-order valence-corrected chi connectivity index (χ0v) is 12.2. The smallest absolute Gasteiger partial charge is 0.294 e. The first-order chi connectivity index (χ1) is 9.72. The summed E-state index contributed by atoms with van der Waals surface area (Å²) in [6.07, 6.45) is 1.30. The maximum absolute atomic E-state index is 11.9. The monoisotopic (exact) mass is 291 g/mol. The lowest BCUT2D eigenvalue weighted by molar-refractivity contribution is 0.0989. The molecule has 0 aliphatic rings. The Kier molecular flexibility index (Phi) is 5.17. The van der Waals surface area contributed by atoms with E-state index in [1.807, 2.05) is 37.3 Å². The van der Waals surface area contributed by atoms with Gasteiger partial charge < -0.3 is 0 Å². The van der Waals surface area contributed by atoms with Crippen LogP contribution in [0.1, 0.15) is 30.1 Å². The van der Waals surface area contributed by atoms with Crippen molar-refractivity contribution in [3.63, 3.8) is 0 Å². The summed E-state index contributed by atoms with van der Waals surface area (Å²) in [5.74, 6) is 0.722. The Balaban J connectivity index is 1.90. The third-order valence-corrected chi connectivity index (χ3v) is 3.80. The second-order valence-electron chi connectivity index (χ2n) is 4.35. The number of rotatable bonds is 7. The van der Waals surface area contributed by atoms with E-state index in [4.69, 9.17) is 0 Å². The van der Waals surface area contributed by atoms with Gasteiger partial charge in [-0.05, 0) is 6.42 Å². The predicted octanol–water partition coefficient (Wildman–Crippen LogP) is 2.35. The molecule has 0 saturated carbocycles. The maximum atomic E-state index is 11.9. The van der Waals surface area contributed by atoms with Crippen LogP contribution < -0.4 is 5.69 Å². The number of Topliss-reactive ketones (excluding diaryl/α,β-unsaturated/α-hetero) is 1. The van der Waals surface area contributed by atoms with E-state index >= 15 is 0 Å². The molecule has 2 aromatic rings. The summed E-state index contributed by atoms with van der Waals surface area (Å²) < 4.78 is 1.61. The van der Waals surface area contributed by atoms with Crippen molar-refractivity contribution in [3.05, 3.63) is 46.4 Å². The highest BCUT2D eigenvalue weighted by Crippen LogP contribution is 2.16. The van der Waals surface area contributed by atoms with E-state index in [2.05, 4.69) is 10.2 Å². The number of carbonyl (C=O) groups excluding carboxylic acids is 1. The molecule has 0 amide bonds. The van der Waals surface area contributed by atoms with Gasteiger partial charge in [0.2, 0.25) is 0 Å². The maximum Gasteiger partial charge on any atom is 0.343 e. The Morgan fingerprint density at radius 1 is 1.35 bits per heavy atom. The first-order valence-corrected chi connectivity index (χ1v) is 7.57. The normalized spacial score (nSPS) is 10.7. The van der Waals surface area contributed by atoms with Crippen molar-refractivity contribution in [2.24, 2.45) is 0 Å². The Morgan fingerprint density at radius 3 is 2.80 bits per heavy atom. The molecule has 0 spiro atoms. The van der Waals surface area contributed by atoms with Crippen LogP contribution in [0.15, 0.2) is 40.3 Å². The molecule has 1 aromatic heterocycles. The fourth-order valence-corrected chi connectivity index (χ4v) is 2.75. The molecule has 2 rings (SSSR count). The van der Waals surface area contributed by atoms with E-state index in [0.717, 1.165) is 12.0 Å². The molecular weight excluding hydrogens is 274 g/mol. The van der Waals surface area contributed by atoms with Crippen molar-refractivity contribution < 1.29 is 4.79 Å². The average molecular weight is 291 g/mol. The molecule has 0 radical (unpaired) electrons. The molecule has 6 heteroatoms. The zero-order chi connectivity index (χ0) is 14.4. The van der Waals surface area contributed by atoms with Gasteiger partial charge in [0.1, 0.15) is 0 Å². The Hall–Kier alpha value is -1.82. The topological polar surface area (TPSA) is 67.8 Å². The summed E-state index contributed by atoms with van der Waals surface area (Å²) in [5, 5.41) is 7.08. The predicted molar refractivity (Wildman–Crippen MR) is 79.3 cm³/mol. The number of benzene rings is 1. The molecule has 1 N–H and O–H groups in total. The molecule has 1 heterocycles. The number of hydrogen-bond donors (Lipinski definition) is 1. The highest BCUT2D eigenvalue weighted by atomic mass is 32.2. The third-order valence-electron chi connectivity index (χ3n) is 2.83. The molecule has 5 nitrogen and oxygen atoms in total. The molecule has 0 saturated heterocycles. The van der Waals surface area contributed by atoms with Crippen LogP contribution in [0.25, 0.3) is 0 Å². The van der Waals surface area contributed by atoms with Crippen LogP contribution in [-0.4, -0.2) is 26.3 Å². The average Bonchev–Trinajstić information content (AvgIpc) is 2.82. The second kappa shape index (κ2) is 7.09. The number of aromatic amines is 1. The lowest BCUT2D eigenvalue weighted by atomic mass is 10.1. The van der Waals surface area contributed by atoms with Gasteiger partial charge in [-0.2, -0.15) is 0 Å². The SMILES string of the molecule is CCCn1c(SCCC(=O)c2ccccc2)n[nH]c1=O. The van der Waals surface area contributed by atoms with Gasteiger partial charge in [0, 0.05) is 24.3 Å². The van der Waals surface area contributed by atoms with Gasteiger partial charge in [-0.1, -0.05) is 49.0 Å². The van der Waals surface area contributed by atoms with Gasteiger partial charge in [-0.15, -0.1) is 5.10 Å². The number of aromatic nitrogens is 3. The molecule has 0 aliphatic heterocycles. The Bertz CT molecular complexity index is 619. The molecule has 106 valence electrons. The summed E-state index contributed by atoms with van der Waals surface area (Å²) in [7, 11) is 0. The van der Waals surface area contributed by atoms with Crippen LogP contribution in [0.2, 0.25) is 0 Å². The van der Waals surface area contributed by atoms with E-state index in [1.165, 1.54) is 11.8 Å². The molecule has 0 bridgehead atoms. The van der Waals surface area contributed by atoms with Gasteiger partial charge >= 0.3 is 5.69 Å². The number of hydrogen-bond acceptors (Lipinski definition) is 4. The number of thioether (sulfide) groups is 1. The number of ketones is 1. The van der Waals surface area contributed by atoms with Crippen LogP contribution in [0.4, 0.5) is 0 Å². The van der Waals surface area contributed by atoms with Gasteiger partial charge in [-0.25, -0.2) is 9.89 Å². The lowest BCUT2D eigenvalue weighted by Crippen LogP contribution is -2.17. The summed E-state index contributed by atoms with van der Waals surface area (Å²) in [6, 6.07) is 9.22. The van der Waals surface area contributed by atoms with Gasteiger partial charge in [0.15, 0.2) is 10.9 Å². The summed E-state index contributed by atoms with van der Waals surface area (Å²) >= 11 is 1.43. The van der Waals surface area contributed by atoms with Gasteiger partial charge in [-0.3, -0.25) is 9.36 Å². The lowest BCUT2D eigenvalue weighted by Gasteiger charge is -2.03. The molecule has 0 aliphatic carbocycles. The van der Waals surface area contributed by atoms with Crippen molar-refractivity contribution in [1.29, 1.82) is 0 Å². The first-order valence-electron chi connectivity index (χ1n) is 6.58. The third kappa shape index (κ3) is 3.60. The largest absolute Gasteiger partial charge is 0.343 e. The van der Waals surface area contributed by atoms with Crippen molar-refractivity contribution in [2.75, 3.05) is 5.75 Å². The summed E-state index contributed by atoms with van der Waals surface area (Å²) in [4.78, 5) is 23.5. The Labute approximate surface area is 121 Å². The van der Waals surface area contributed by atoms with Crippen molar-refractivity contribution >= 4 is 17.5 Å². The Morgan fingerprint density at radius 2 is 2.10 bits per heavy atom. The van der Waals surface area contributed by atoms with Crippen molar-refractivity contribution in [2.45, 2.75) is 31.5 Å². The minimum atomic E-state index is -0.191. The molecule has 1 aromatic carbocycles. The molecule has 0 fully saturated rings.